The molecule has 3 N–H and O–H groups in total. The molecular weight excluding hydrogens is 342 g/mol. The van der Waals surface area contributed by atoms with E-state index in [0.29, 0.717) is 5.56 Å². The molecule has 1 fully saturated rings. The summed E-state index contributed by atoms with van der Waals surface area (Å²) in [6.07, 6.45) is -2.88. The van der Waals surface area contributed by atoms with Crippen molar-refractivity contribution in [2.24, 2.45) is 0 Å². The fourth-order valence-electron chi connectivity index (χ4n) is 2.39. The first-order valence-electron chi connectivity index (χ1n) is 7.14. The standard InChI is InChI=1S/C14H19NO8S/c1-21-14-12(15-13(17)9-5-3-2-4-6-9)11(16)7-10(23-14)8-22-24(18,19)20/h2-6,10-12,14,16H,7-8H2,1H3,(H,15,17)(H,18,19,20)/t10?,11-,12?,14+/m0/s1. The van der Waals surface area contributed by atoms with Crippen LogP contribution in [0.25, 0.3) is 0 Å². The van der Waals surface area contributed by atoms with Gasteiger partial charge in [-0.2, -0.15) is 8.42 Å². The smallest absolute Gasteiger partial charge is 0.391 e. The molecule has 1 aromatic carbocycles. The summed E-state index contributed by atoms with van der Waals surface area (Å²) in [5, 5.41) is 12.9. The summed E-state index contributed by atoms with van der Waals surface area (Å²) in [5.41, 5.74) is 0.413. The Morgan fingerprint density at radius 2 is 2.04 bits per heavy atom. The molecule has 1 aliphatic heterocycles. The first-order valence-corrected chi connectivity index (χ1v) is 8.50. The van der Waals surface area contributed by atoms with Gasteiger partial charge in [0.1, 0.15) is 6.04 Å². The molecule has 134 valence electrons. The van der Waals surface area contributed by atoms with Gasteiger partial charge in [-0.15, -0.1) is 0 Å². The topological polar surface area (TPSA) is 131 Å². The zero-order valence-electron chi connectivity index (χ0n) is 12.9. The molecule has 1 amide bonds. The van der Waals surface area contributed by atoms with E-state index in [4.69, 9.17) is 14.0 Å². The highest BCUT2D eigenvalue weighted by molar-refractivity contribution is 7.80. The molecule has 0 aliphatic carbocycles. The van der Waals surface area contributed by atoms with Gasteiger partial charge in [-0.1, -0.05) is 18.2 Å². The van der Waals surface area contributed by atoms with Crippen LogP contribution in [0.15, 0.2) is 30.3 Å². The van der Waals surface area contributed by atoms with Gasteiger partial charge in [0.2, 0.25) is 0 Å². The second-order valence-electron chi connectivity index (χ2n) is 5.24. The van der Waals surface area contributed by atoms with Crippen LogP contribution in [0.4, 0.5) is 0 Å². The first-order chi connectivity index (χ1) is 11.3. The molecular formula is C14H19NO8S. The third kappa shape index (κ3) is 5.23. The van der Waals surface area contributed by atoms with E-state index in [0.717, 1.165) is 0 Å². The molecule has 1 saturated heterocycles. The Bertz CT molecular complexity index is 650. The molecule has 1 heterocycles. The van der Waals surface area contributed by atoms with E-state index in [1.165, 1.54) is 7.11 Å². The van der Waals surface area contributed by atoms with Crippen molar-refractivity contribution in [3.8, 4) is 0 Å². The summed E-state index contributed by atoms with van der Waals surface area (Å²) in [5.74, 6) is -0.405. The van der Waals surface area contributed by atoms with Crippen molar-refractivity contribution < 1.29 is 36.5 Å². The number of amides is 1. The summed E-state index contributed by atoms with van der Waals surface area (Å²) < 4.78 is 44.6. The SMILES string of the molecule is CO[C@@H]1OC(COS(=O)(=O)O)C[C@H](O)C1NC(=O)c1ccccc1. The Labute approximate surface area is 139 Å². The lowest BCUT2D eigenvalue weighted by atomic mass is 10.00. The molecule has 9 nitrogen and oxygen atoms in total. The van der Waals surface area contributed by atoms with Crippen molar-refractivity contribution in [2.45, 2.75) is 31.0 Å². The molecule has 4 atom stereocenters. The van der Waals surface area contributed by atoms with E-state index in [1.54, 1.807) is 30.3 Å². The van der Waals surface area contributed by atoms with Gasteiger partial charge < -0.3 is 19.9 Å². The molecule has 0 spiro atoms. The fraction of sp³-hybridized carbons (Fsp3) is 0.500. The van der Waals surface area contributed by atoms with Crippen molar-refractivity contribution in [1.29, 1.82) is 0 Å². The van der Waals surface area contributed by atoms with Crippen molar-refractivity contribution in [2.75, 3.05) is 13.7 Å². The summed E-state index contributed by atoms with van der Waals surface area (Å²) in [6, 6.07) is 7.59. The minimum Gasteiger partial charge on any atom is -0.391 e. The molecule has 1 aliphatic rings. The highest BCUT2D eigenvalue weighted by Crippen LogP contribution is 2.22. The third-order valence-electron chi connectivity index (χ3n) is 3.51. The van der Waals surface area contributed by atoms with E-state index in [2.05, 4.69) is 9.50 Å². The fourth-order valence-corrected chi connectivity index (χ4v) is 2.71. The van der Waals surface area contributed by atoms with Crippen molar-refractivity contribution in [1.82, 2.24) is 5.32 Å². The molecule has 2 unspecified atom stereocenters. The van der Waals surface area contributed by atoms with Gasteiger partial charge in [-0.3, -0.25) is 9.35 Å². The monoisotopic (exact) mass is 361 g/mol. The number of nitrogens with one attached hydrogen (secondary N) is 1. The Balaban J connectivity index is 2.00. The first kappa shape index (κ1) is 18.8. The van der Waals surface area contributed by atoms with E-state index in [-0.39, 0.29) is 6.42 Å². The van der Waals surface area contributed by atoms with E-state index < -0.39 is 47.5 Å². The van der Waals surface area contributed by atoms with Gasteiger partial charge in [0.05, 0.1) is 18.8 Å². The largest absolute Gasteiger partial charge is 0.397 e. The van der Waals surface area contributed by atoms with Crippen molar-refractivity contribution in [3.63, 3.8) is 0 Å². The molecule has 0 saturated carbocycles. The van der Waals surface area contributed by atoms with Gasteiger partial charge in [-0.05, 0) is 12.1 Å². The highest BCUT2D eigenvalue weighted by Gasteiger charge is 2.39. The summed E-state index contributed by atoms with van der Waals surface area (Å²) in [7, 11) is -3.28. The van der Waals surface area contributed by atoms with Crippen LogP contribution in [0.1, 0.15) is 16.8 Å². The zero-order valence-corrected chi connectivity index (χ0v) is 13.7. The number of carbonyl (C=O) groups is 1. The number of aliphatic hydroxyl groups is 1. The van der Waals surface area contributed by atoms with Crippen molar-refractivity contribution >= 4 is 16.3 Å². The third-order valence-corrected chi connectivity index (χ3v) is 3.94. The predicted molar refractivity (Wildman–Crippen MR) is 81.5 cm³/mol. The van der Waals surface area contributed by atoms with Crippen LogP contribution in [-0.2, 0) is 24.1 Å². The van der Waals surface area contributed by atoms with Crippen LogP contribution >= 0.6 is 0 Å². The van der Waals surface area contributed by atoms with Gasteiger partial charge in [0.15, 0.2) is 6.29 Å². The van der Waals surface area contributed by atoms with Gasteiger partial charge >= 0.3 is 10.4 Å². The zero-order chi connectivity index (χ0) is 17.7. The van der Waals surface area contributed by atoms with E-state index in [9.17, 15) is 18.3 Å². The van der Waals surface area contributed by atoms with Crippen LogP contribution in [0.2, 0.25) is 0 Å². The Hall–Kier alpha value is -1.56. The number of rotatable bonds is 6. The van der Waals surface area contributed by atoms with Crippen molar-refractivity contribution in [3.05, 3.63) is 35.9 Å². The molecule has 0 bridgehead atoms. The summed E-state index contributed by atoms with van der Waals surface area (Å²) in [4.78, 5) is 12.2. The average molecular weight is 361 g/mol. The number of ether oxygens (including phenoxy) is 2. The van der Waals surface area contributed by atoms with Crippen LogP contribution in [0.3, 0.4) is 0 Å². The van der Waals surface area contributed by atoms with Crippen LogP contribution in [0.5, 0.6) is 0 Å². The molecule has 0 aromatic heterocycles. The molecule has 10 heteroatoms. The normalized spacial score (nSPS) is 27.6. The molecule has 24 heavy (non-hydrogen) atoms. The lowest BCUT2D eigenvalue weighted by Gasteiger charge is -2.38. The van der Waals surface area contributed by atoms with Crippen LogP contribution in [-0.4, -0.2) is 62.2 Å². The number of aliphatic hydroxyl groups excluding tert-OH is 1. The quantitative estimate of drug-likeness (QED) is 0.590. The maximum Gasteiger partial charge on any atom is 0.397 e. The molecule has 1 aromatic rings. The Morgan fingerprint density at radius 1 is 1.38 bits per heavy atom. The Kier molecular flexibility index (Phi) is 6.27. The molecule has 0 radical (unpaired) electrons. The summed E-state index contributed by atoms with van der Waals surface area (Å²) in [6.45, 7) is -0.477. The van der Waals surface area contributed by atoms with Gasteiger partial charge in [0, 0.05) is 19.1 Å². The minimum absolute atomic E-state index is 0.00484. The minimum atomic E-state index is -4.61. The van der Waals surface area contributed by atoms with Gasteiger partial charge in [-0.25, -0.2) is 4.18 Å². The highest BCUT2D eigenvalue weighted by atomic mass is 32.3. The predicted octanol–water partition coefficient (Wildman–Crippen LogP) is -0.273. The second kappa shape index (κ2) is 8.01. The number of hydrogen-bond acceptors (Lipinski definition) is 7. The number of benzene rings is 1. The Morgan fingerprint density at radius 3 is 2.62 bits per heavy atom. The van der Waals surface area contributed by atoms with Crippen LogP contribution in [0, 0.1) is 0 Å². The average Bonchev–Trinajstić information content (AvgIpc) is 2.55. The maximum atomic E-state index is 12.2. The maximum absolute atomic E-state index is 12.2. The lowest BCUT2D eigenvalue weighted by molar-refractivity contribution is -0.223. The number of methoxy groups -OCH3 is 1. The number of carbonyl (C=O) groups excluding carboxylic acids is 1. The van der Waals surface area contributed by atoms with Gasteiger partial charge in [0.25, 0.3) is 5.91 Å². The second-order valence-corrected chi connectivity index (χ2v) is 6.33. The molecule has 2 rings (SSSR count). The lowest BCUT2D eigenvalue weighted by Crippen LogP contribution is -2.58. The van der Waals surface area contributed by atoms with E-state index >= 15 is 0 Å². The summed E-state index contributed by atoms with van der Waals surface area (Å²) >= 11 is 0. The van der Waals surface area contributed by atoms with Crippen LogP contribution < -0.4 is 5.32 Å². The number of hydrogen-bond donors (Lipinski definition) is 3. The van der Waals surface area contributed by atoms with E-state index in [1.807, 2.05) is 0 Å².